The van der Waals surface area contributed by atoms with E-state index >= 15 is 0 Å². The lowest BCUT2D eigenvalue weighted by molar-refractivity contribution is 0.0940. The molecule has 0 saturated heterocycles. The Hall–Kier alpha value is -1.61. The summed E-state index contributed by atoms with van der Waals surface area (Å²) < 4.78 is 0. The Balaban J connectivity index is 1.97. The van der Waals surface area contributed by atoms with Crippen molar-refractivity contribution in [3.8, 4) is 0 Å². The normalized spacial score (nSPS) is 12.0. The molecule has 0 spiro atoms. The number of alkyl halides is 1. The number of hydrogen-bond donors (Lipinski definition) is 1. The smallest absolute Gasteiger partial charge is 0.251 e. The van der Waals surface area contributed by atoms with Crippen LogP contribution in [0.1, 0.15) is 34.0 Å². The predicted octanol–water partition coefficient (Wildman–Crippen LogP) is 4.25. The summed E-state index contributed by atoms with van der Waals surface area (Å²) in [5, 5.41) is 3.86. The highest BCUT2D eigenvalue weighted by molar-refractivity contribution is 9.08. The molecule has 2 aromatic carbocycles. The monoisotopic (exact) mass is 345 g/mol. The Bertz CT molecular complexity index is 607. The number of benzene rings is 2. The summed E-state index contributed by atoms with van der Waals surface area (Å²) in [5.41, 5.74) is 4.41. The zero-order chi connectivity index (χ0) is 15.2. The van der Waals surface area contributed by atoms with Gasteiger partial charge in [0.15, 0.2) is 0 Å². The summed E-state index contributed by atoms with van der Waals surface area (Å²) in [6.07, 6.45) is 0.845. The SMILES string of the molecule is Cc1ccccc1CC(C)NC(=O)c1ccc(CBr)cc1. The molecule has 1 atom stereocenters. The lowest BCUT2D eigenvalue weighted by Crippen LogP contribution is -2.34. The van der Waals surface area contributed by atoms with E-state index < -0.39 is 0 Å². The highest BCUT2D eigenvalue weighted by atomic mass is 79.9. The van der Waals surface area contributed by atoms with Crippen molar-refractivity contribution in [1.82, 2.24) is 5.32 Å². The van der Waals surface area contributed by atoms with Gasteiger partial charge in [0, 0.05) is 16.9 Å². The van der Waals surface area contributed by atoms with Gasteiger partial charge in [0.1, 0.15) is 0 Å². The van der Waals surface area contributed by atoms with E-state index in [1.54, 1.807) is 0 Å². The van der Waals surface area contributed by atoms with Gasteiger partial charge in [-0.3, -0.25) is 4.79 Å². The minimum absolute atomic E-state index is 0.0165. The van der Waals surface area contributed by atoms with Crippen molar-refractivity contribution in [3.05, 3.63) is 70.8 Å². The summed E-state index contributed by atoms with van der Waals surface area (Å²) in [5.74, 6) is -0.0165. The number of hydrogen-bond acceptors (Lipinski definition) is 1. The molecule has 3 heteroatoms. The highest BCUT2D eigenvalue weighted by Crippen LogP contribution is 2.11. The van der Waals surface area contributed by atoms with Gasteiger partial charge in [0.25, 0.3) is 5.91 Å². The summed E-state index contributed by atoms with van der Waals surface area (Å²) in [7, 11) is 0. The maximum Gasteiger partial charge on any atom is 0.251 e. The first-order valence-electron chi connectivity index (χ1n) is 7.10. The first-order valence-corrected chi connectivity index (χ1v) is 8.22. The third-order valence-corrected chi connectivity index (χ3v) is 4.18. The quantitative estimate of drug-likeness (QED) is 0.806. The maximum absolute atomic E-state index is 12.2. The van der Waals surface area contributed by atoms with Crippen LogP contribution in [-0.4, -0.2) is 11.9 Å². The van der Waals surface area contributed by atoms with Crippen molar-refractivity contribution in [3.63, 3.8) is 0 Å². The van der Waals surface area contributed by atoms with E-state index in [0.717, 1.165) is 11.8 Å². The number of carbonyl (C=O) groups excluding carboxylic acids is 1. The molecule has 2 rings (SSSR count). The van der Waals surface area contributed by atoms with Crippen LogP contribution in [0, 0.1) is 6.92 Å². The van der Waals surface area contributed by atoms with Crippen molar-refractivity contribution >= 4 is 21.8 Å². The zero-order valence-corrected chi connectivity index (χ0v) is 14.0. The molecule has 0 aromatic heterocycles. The van der Waals surface area contributed by atoms with Gasteiger partial charge in [-0.2, -0.15) is 0 Å². The number of rotatable bonds is 5. The second-order valence-electron chi connectivity index (χ2n) is 5.34. The first-order chi connectivity index (χ1) is 10.1. The van der Waals surface area contributed by atoms with E-state index in [4.69, 9.17) is 0 Å². The fraction of sp³-hybridized carbons (Fsp3) is 0.278. The van der Waals surface area contributed by atoms with Crippen LogP contribution in [0.25, 0.3) is 0 Å². The molecule has 2 aromatic rings. The maximum atomic E-state index is 12.2. The summed E-state index contributed by atoms with van der Waals surface area (Å²) in [4.78, 5) is 12.2. The fourth-order valence-corrected chi connectivity index (χ4v) is 2.65. The summed E-state index contributed by atoms with van der Waals surface area (Å²) in [6.45, 7) is 4.14. The first kappa shape index (κ1) is 15.8. The molecule has 0 bridgehead atoms. The Morgan fingerprint density at radius 1 is 1.14 bits per heavy atom. The lowest BCUT2D eigenvalue weighted by atomic mass is 10.0. The Morgan fingerprint density at radius 3 is 2.43 bits per heavy atom. The highest BCUT2D eigenvalue weighted by Gasteiger charge is 2.11. The third kappa shape index (κ3) is 4.43. The molecule has 0 fully saturated rings. The largest absolute Gasteiger partial charge is 0.349 e. The van der Waals surface area contributed by atoms with E-state index in [1.165, 1.54) is 16.7 Å². The van der Waals surface area contributed by atoms with Gasteiger partial charge >= 0.3 is 0 Å². The van der Waals surface area contributed by atoms with Crippen molar-refractivity contribution in [2.45, 2.75) is 31.6 Å². The van der Waals surface area contributed by atoms with E-state index in [-0.39, 0.29) is 11.9 Å². The molecular weight excluding hydrogens is 326 g/mol. The van der Waals surface area contributed by atoms with Gasteiger partial charge < -0.3 is 5.32 Å². The van der Waals surface area contributed by atoms with Crippen LogP contribution in [0.5, 0.6) is 0 Å². The van der Waals surface area contributed by atoms with E-state index in [0.29, 0.717) is 5.56 Å². The molecular formula is C18H20BrNO. The van der Waals surface area contributed by atoms with Gasteiger partial charge in [0.2, 0.25) is 0 Å². The van der Waals surface area contributed by atoms with Crippen molar-refractivity contribution in [2.75, 3.05) is 0 Å². The van der Waals surface area contributed by atoms with Crippen molar-refractivity contribution < 1.29 is 4.79 Å². The molecule has 0 heterocycles. The molecule has 0 radical (unpaired) electrons. The lowest BCUT2D eigenvalue weighted by Gasteiger charge is -2.15. The standard InChI is InChI=1S/C18H20BrNO/c1-13-5-3-4-6-17(13)11-14(2)20-18(21)16-9-7-15(12-19)8-10-16/h3-10,14H,11-12H2,1-2H3,(H,20,21). The van der Waals surface area contributed by atoms with Crippen LogP contribution in [0.3, 0.4) is 0 Å². The fourth-order valence-electron chi connectivity index (χ4n) is 2.27. The summed E-state index contributed by atoms with van der Waals surface area (Å²) in [6, 6.07) is 16.1. The average molecular weight is 346 g/mol. The van der Waals surface area contributed by atoms with E-state index in [9.17, 15) is 4.79 Å². The number of nitrogens with one attached hydrogen (secondary N) is 1. The van der Waals surface area contributed by atoms with Gasteiger partial charge in [-0.05, 0) is 49.1 Å². The average Bonchev–Trinajstić information content (AvgIpc) is 2.49. The van der Waals surface area contributed by atoms with Crippen LogP contribution >= 0.6 is 15.9 Å². The third-order valence-electron chi connectivity index (χ3n) is 3.54. The molecule has 2 nitrogen and oxygen atoms in total. The Labute approximate surface area is 134 Å². The molecule has 0 aliphatic rings. The molecule has 0 saturated carbocycles. The van der Waals surface area contributed by atoms with Crippen molar-refractivity contribution in [2.24, 2.45) is 0 Å². The molecule has 1 amide bonds. The van der Waals surface area contributed by atoms with Crippen LogP contribution in [-0.2, 0) is 11.8 Å². The molecule has 1 unspecified atom stereocenters. The minimum atomic E-state index is -0.0165. The van der Waals surface area contributed by atoms with Crippen LogP contribution in [0.4, 0.5) is 0 Å². The Kier molecular flexibility index (Phi) is 5.57. The Morgan fingerprint density at radius 2 is 1.81 bits per heavy atom. The minimum Gasteiger partial charge on any atom is -0.349 e. The van der Waals surface area contributed by atoms with Gasteiger partial charge in [-0.25, -0.2) is 0 Å². The van der Waals surface area contributed by atoms with Gasteiger partial charge in [0.05, 0.1) is 0 Å². The molecule has 0 aliphatic heterocycles. The molecule has 0 aliphatic carbocycles. The van der Waals surface area contributed by atoms with Crippen LogP contribution < -0.4 is 5.32 Å². The zero-order valence-electron chi connectivity index (χ0n) is 12.4. The van der Waals surface area contributed by atoms with Crippen LogP contribution in [0.2, 0.25) is 0 Å². The van der Waals surface area contributed by atoms with Gasteiger partial charge in [-0.1, -0.05) is 52.3 Å². The summed E-state index contributed by atoms with van der Waals surface area (Å²) >= 11 is 3.40. The topological polar surface area (TPSA) is 29.1 Å². The molecule has 21 heavy (non-hydrogen) atoms. The van der Waals surface area contributed by atoms with E-state index in [1.807, 2.05) is 43.3 Å². The predicted molar refractivity (Wildman–Crippen MR) is 90.9 cm³/mol. The van der Waals surface area contributed by atoms with Crippen LogP contribution in [0.15, 0.2) is 48.5 Å². The molecule has 110 valence electrons. The van der Waals surface area contributed by atoms with E-state index in [2.05, 4.69) is 40.3 Å². The molecule has 1 N–H and O–H groups in total. The van der Waals surface area contributed by atoms with Gasteiger partial charge in [-0.15, -0.1) is 0 Å². The number of carbonyl (C=O) groups is 1. The second-order valence-corrected chi connectivity index (χ2v) is 5.90. The van der Waals surface area contributed by atoms with Crippen molar-refractivity contribution in [1.29, 1.82) is 0 Å². The number of amides is 1. The number of aryl methyl sites for hydroxylation is 1. The number of halogens is 1. The second kappa shape index (κ2) is 7.41.